The summed E-state index contributed by atoms with van der Waals surface area (Å²) in [6, 6.07) is 7.11. The van der Waals surface area contributed by atoms with Gasteiger partial charge in [-0.15, -0.1) is 0 Å². The SMILES string of the molecule is O=C(NCc1ccc(S(=O)(=O)c2ccc(C(F)(F)F)cc2C(F)(F)F)cc1)c1cc2c([nH]1)C1(CCCCCCCCCC1)CNC2. The van der Waals surface area contributed by atoms with E-state index in [2.05, 4.69) is 15.6 Å². The van der Waals surface area contributed by atoms with E-state index in [4.69, 9.17) is 0 Å². The minimum atomic E-state index is -5.34. The predicted molar refractivity (Wildman–Crippen MR) is 160 cm³/mol. The lowest BCUT2D eigenvalue weighted by Crippen LogP contribution is -2.43. The van der Waals surface area contributed by atoms with Gasteiger partial charge in [0.1, 0.15) is 5.69 Å². The number of hydrogen-bond donors (Lipinski definition) is 3. The average molecular weight is 670 g/mol. The number of fused-ring (bicyclic) bond motifs is 2. The minimum absolute atomic E-state index is 0.0142. The molecule has 1 amide bonds. The summed E-state index contributed by atoms with van der Waals surface area (Å²) in [6.45, 7) is 1.53. The van der Waals surface area contributed by atoms with Gasteiger partial charge in [-0.3, -0.25) is 4.79 Å². The van der Waals surface area contributed by atoms with Crippen molar-refractivity contribution in [3.8, 4) is 0 Å². The van der Waals surface area contributed by atoms with Gasteiger partial charge in [-0.1, -0.05) is 63.5 Å². The molecule has 0 atom stereocenters. The molecule has 0 bridgehead atoms. The van der Waals surface area contributed by atoms with Crippen LogP contribution >= 0.6 is 0 Å². The monoisotopic (exact) mass is 669 g/mol. The average Bonchev–Trinajstić information content (AvgIpc) is 3.44. The smallest absolute Gasteiger partial charge is 0.354 e. The van der Waals surface area contributed by atoms with Crippen molar-refractivity contribution in [1.29, 1.82) is 0 Å². The van der Waals surface area contributed by atoms with Crippen LogP contribution in [0.15, 0.2) is 58.3 Å². The Morgan fingerprint density at radius 1 is 0.804 bits per heavy atom. The maximum absolute atomic E-state index is 13.6. The van der Waals surface area contributed by atoms with Crippen LogP contribution in [-0.4, -0.2) is 25.9 Å². The van der Waals surface area contributed by atoms with E-state index < -0.39 is 43.1 Å². The van der Waals surface area contributed by atoms with Crippen LogP contribution in [-0.2, 0) is 40.7 Å². The number of carbonyl (C=O) groups excluding carboxylic acids is 1. The summed E-state index contributed by atoms with van der Waals surface area (Å²) in [7, 11) is -4.82. The molecule has 0 radical (unpaired) electrons. The molecule has 250 valence electrons. The topological polar surface area (TPSA) is 91.1 Å². The predicted octanol–water partition coefficient (Wildman–Crippen LogP) is 8.07. The lowest BCUT2D eigenvalue weighted by molar-refractivity contribution is -0.144. The van der Waals surface area contributed by atoms with Crippen LogP contribution in [0.1, 0.15) is 103 Å². The van der Waals surface area contributed by atoms with E-state index in [9.17, 15) is 39.6 Å². The summed E-state index contributed by atoms with van der Waals surface area (Å²) >= 11 is 0. The van der Waals surface area contributed by atoms with Gasteiger partial charge in [0.05, 0.1) is 20.9 Å². The second kappa shape index (κ2) is 13.4. The molecule has 3 N–H and O–H groups in total. The molecule has 5 rings (SSSR count). The fourth-order valence-electron chi connectivity index (χ4n) is 6.65. The molecular weight excluding hydrogens is 632 g/mol. The Labute approximate surface area is 264 Å². The van der Waals surface area contributed by atoms with Gasteiger partial charge in [-0.25, -0.2) is 8.42 Å². The maximum Gasteiger partial charge on any atom is 0.417 e. The van der Waals surface area contributed by atoms with Gasteiger partial charge in [0.2, 0.25) is 9.84 Å². The van der Waals surface area contributed by atoms with Crippen LogP contribution in [0.2, 0.25) is 0 Å². The molecule has 3 aromatic rings. The van der Waals surface area contributed by atoms with E-state index in [-0.39, 0.29) is 23.9 Å². The summed E-state index contributed by atoms with van der Waals surface area (Å²) in [5.74, 6) is -0.350. The molecule has 2 aliphatic rings. The van der Waals surface area contributed by atoms with E-state index >= 15 is 0 Å². The number of benzene rings is 2. The van der Waals surface area contributed by atoms with Crippen molar-refractivity contribution in [2.75, 3.05) is 6.54 Å². The fraction of sp³-hybridized carbons (Fsp3) is 0.485. The Kier molecular flexibility index (Phi) is 9.93. The van der Waals surface area contributed by atoms with Crippen LogP contribution < -0.4 is 10.6 Å². The third kappa shape index (κ3) is 7.46. The van der Waals surface area contributed by atoms with Gasteiger partial charge in [0.15, 0.2) is 0 Å². The molecule has 1 fully saturated rings. The molecule has 46 heavy (non-hydrogen) atoms. The molecule has 2 aromatic carbocycles. The van der Waals surface area contributed by atoms with E-state index in [0.29, 0.717) is 29.9 Å². The van der Waals surface area contributed by atoms with Crippen LogP contribution in [0, 0.1) is 0 Å². The summed E-state index contributed by atoms with van der Waals surface area (Å²) in [4.78, 5) is 14.8. The van der Waals surface area contributed by atoms with E-state index in [1.165, 1.54) is 50.7 Å². The quantitative estimate of drug-likeness (QED) is 0.240. The molecular formula is C33H37F6N3O3S. The zero-order valence-corrected chi connectivity index (χ0v) is 26.0. The van der Waals surface area contributed by atoms with E-state index in [1.807, 2.05) is 6.07 Å². The first-order valence-corrected chi connectivity index (χ1v) is 17.0. The molecule has 1 aliphatic carbocycles. The fourth-order valence-corrected chi connectivity index (χ4v) is 8.11. The van der Waals surface area contributed by atoms with Gasteiger partial charge in [0, 0.05) is 30.7 Å². The van der Waals surface area contributed by atoms with Crippen LogP contribution in [0.3, 0.4) is 0 Å². The van der Waals surface area contributed by atoms with Crippen molar-refractivity contribution < 1.29 is 39.6 Å². The Hall–Kier alpha value is -3.32. The second-order valence-corrected chi connectivity index (χ2v) is 14.3. The van der Waals surface area contributed by atoms with Crippen molar-refractivity contribution in [2.45, 2.75) is 105 Å². The standard InChI is InChI=1S/C33H37F6N3O3S/c34-32(35,36)24-11-14-28(26(18-24)33(37,38)39)46(44,45)25-12-9-22(10-13-25)19-41-30(43)27-17-23-20-40-21-31(29(23)42-27)15-7-5-3-1-2-4-6-8-16-31/h9-14,17-18,40,42H,1-8,15-16,19-21H2,(H,41,43). The van der Waals surface area contributed by atoms with Gasteiger partial charge in [0.25, 0.3) is 5.91 Å². The van der Waals surface area contributed by atoms with Crippen molar-refractivity contribution >= 4 is 15.7 Å². The zero-order chi connectivity index (χ0) is 33.2. The number of alkyl halides is 6. The number of aromatic amines is 1. The number of sulfone groups is 1. The number of carbonyl (C=O) groups is 1. The lowest BCUT2D eigenvalue weighted by atomic mass is 9.72. The zero-order valence-electron chi connectivity index (χ0n) is 25.2. The summed E-state index contributed by atoms with van der Waals surface area (Å²) < 4.78 is 106. The molecule has 0 unspecified atom stereocenters. The van der Waals surface area contributed by atoms with Crippen LogP contribution in [0.25, 0.3) is 0 Å². The van der Waals surface area contributed by atoms with Crippen molar-refractivity contribution in [1.82, 2.24) is 15.6 Å². The Morgan fingerprint density at radius 2 is 1.41 bits per heavy atom. The normalized spacial score (nSPS) is 18.0. The number of rotatable bonds is 5. The number of aromatic nitrogens is 1. The first-order valence-electron chi connectivity index (χ1n) is 15.5. The molecule has 6 nitrogen and oxygen atoms in total. The Balaban J connectivity index is 1.30. The number of halogens is 6. The Bertz CT molecular complexity index is 1630. The van der Waals surface area contributed by atoms with Crippen molar-refractivity contribution in [2.24, 2.45) is 0 Å². The molecule has 1 spiro atoms. The van der Waals surface area contributed by atoms with E-state index in [1.54, 1.807) is 0 Å². The van der Waals surface area contributed by atoms with Crippen LogP contribution in [0.5, 0.6) is 0 Å². The molecule has 13 heteroatoms. The molecule has 1 saturated carbocycles. The number of nitrogens with one attached hydrogen (secondary N) is 3. The second-order valence-electron chi connectivity index (χ2n) is 12.3. The lowest BCUT2D eigenvalue weighted by Gasteiger charge is -2.38. The molecule has 1 aliphatic heterocycles. The maximum atomic E-state index is 13.6. The third-order valence-electron chi connectivity index (χ3n) is 9.10. The highest BCUT2D eigenvalue weighted by atomic mass is 32.2. The molecule has 1 aromatic heterocycles. The first kappa shape index (κ1) is 34.0. The highest BCUT2D eigenvalue weighted by Crippen LogP contribution is 2.41. The minimum Gasteiger partial charge on any atom is -0.354 e. The molecule has 2 heterocycles. The largest absolute Gasteiger partial charge is 0.417 e. The Morgan fingerprint density at radius 3 is 2.00 bits per heavy atom. The first-order chi connectivity index (χ1) is 21.7. The van der Waals surface area contributed by atoms with Crippen LogP contribution in [0.4, 0.5) is 26.3 Å². The van der Waals surface area contributed by atoms with Crippen molar-refractivity contribution in [3.05, 3.63) is 82.2 Å². The molecule has 0 saturated heterocycles. The summed E-state index contributed by atoms with van der Waals surface area (Å²) in [5.41, 5.74) is -0.474. The highest BCUT2D eigenvalue weighted by Gasteiger charge is 2.41. The number of hydrogen-bond acceptors (Lipinski definition) is 4. The third-order valence-corrected chi connectivity index (χ3v) is 10.9. The number of amides is 1. The summed E-state index contributed by atoms with van der Waals surface area (Å²) in [6.07, 6.45) is 1.34. The van der Waals surface area contributed by atoms with E-state index in [0.717, 1.165) is 55.6 Å². The highest BCUT2D eigenvalue weighted by molar-refractivity contribution is 7.91. The van der Waals surface area contributed by atoms with Gasteiger partial charge < -0.3 is 15.6 Å². The van der Waals surface area contributed by atoms with Gasteiger partial charge >= 0.3 is 12.4 Å². The van der Waals surface area contributed by atoms with Gasteiger partial charge in [-0.05, 0) is 60.4 Å². The number of H-pyrrole nitrogens is 1. The van der Waals surface area contributed by atoms with Crippen molar-refractivity contribution in [3.63, 3.8) is 0 Å². The van der Waals surface area contributed by atoms with Gasteiger partial charge in [-0.2, -0.15) is 26.3 Å². The summed E-state index contributed by atoms with van der Waals surface area (Å²) in [5, 5.41) is 6.36.